The van der Waals surface area contributed by atoms with Gasteiger partial charge in [-0.3, -0.25) is 4.40 Å². The molecule has 2 aromatic carbocycles. The van der Waals surface area contributed by atoms with Gasteiger partial charge in [0.25, 0.3) is 0 Å². The quantitative estimate of drug-likeness (QED) is 0.347. The Morgan fingerprint density at radius 2 is 1.68 bits per heavy atom. The zero-order valence-electron chi connectivity index (χ0n) is 19.9. The summed E-state index contributed by atoms with van der Waals surface area (Å²) < 4.78 is 33.1. The van der Waals surface area contributed by atoms with E-state index in [1.807, 2.05) is 40.9 Å². The van der Waals surface area contributed by atoms with Crippen LogP contribution in [0.25, 0.3) is 16.9 Å². The zero-order valence-corrected chi connectivity index (χ0v) is 20.7. The van der Waals surface area contributed by atoms with Crippen molar-refractivity contribution in [3.05, 3.63) is 78.1 Å². The van der Waals surface area contributed by atoms with E-state index in [1.165, 1.54) is 0 Å². The van der Waals surface area contributed by atoms with Crippen LogP contribution < -0.4 is 4.74 Å². The van der Waals surface area contributed by atoms with E-state index in [4.69, 9.17) is 9.72 Å². The summed E-state index contributed by atoms with van der Waals surface area (Å²) in [6.07, 6.45) is 1.90. The molecule has 0 N–H and O–H groups in total. The number of fused-ring (bicyclic) bond motifs is 1. The lowest BCUT2D eigenvalue weighted by molar-refractivity contribution is 0.481. The maximum absolute atomic E-state index is 12.6. The van der Waals surface area contributed by atoms with Crippen LogP contribution in [-0.4, -0.2) is 23.1 Å². The van der Waals surface area contributed by atoms with Crippen LogP contribution >= 0.6 is 0 Å². The molecule has 0 atom stereocenters. The molecular weight excluding hydrogens is 446 g/mol. The van der Waals surface area contributed by atoms with Gasteiger partial charge in [-0.25, -0.2) is 13.4 Å². The first-order valence-electron chi connectivity index (χ1n) is 11.1. The molecule has 174 valence electrons. The van der Waals surface area contributed by atoms with Gasteiger partial charge in [0.05, 0.1) is 27.1 Å². The smallest absolute Gasteiger partial charge is 0.180 e. The summed E-state index contributed by atoms with van der Waals surface area (Å²) in [5, 5.41) is 9.05. The average Bonchev–Trinajstić information content (AvgIpc) is 3.20. The summed E-state index contributed by atoms with van der Waals surface area (Å²) >= 11 is 0. The number of sulfone groups is 1. The van der Waals surface area contributed by atoms with Crippen molar-refractivity contribution in [2.45, 2.75) is 50.2 Å². The Labute approximate surface area is 200 Å². The molecule has 7 heteroatoms. The number of benzene rings is 2. The van der Waals surface area contributed by atoms with Gasteiger partial charge in [-0.1, -0.05) is 39.0 Å². The molecule has 0 saturated carbocycles. The van der Waals surface area contributed by atoms with Gasteiger partial charge in [0.1, 0.15) is 17.6 Å². The Kier molecular flexibility index (Phi) is 5.96. The molecule has 0 bridgehead atoms. The fourth-order valence-corrected chi connectivity index (χ4v) is 4.88. The second-order valence-electron chi connectivity index (χ2n) is 9.48. The third kappa shape index (κ3) is 4.29. The maximum atomic E-state index is 12.6. The van der Waals surface area contributed by atoms with Crippen molar-refractivity contribution in [2.75, 3.05) is 0 Å². The molecule has 2 aromatic heterocycles. The van der Waals surface area contributed by atoms with E-state index in [2.05, 4.69) is 26.8 Å². The Morgan fingerprint density at radius 3 is 2.32 bits per heavy atom. The molecule has 0 aliphatic rings. The molecule has 4 rings (SSSR count). The molecule has 2 heterocycles. The van der Waals surface area contributed by atoms with Gasteiger partial charge >= 0.3 is 0 Å². The van der Waals surface area contributed by atoms with Crippen molar-refractivity contribution in [3.63, 3.8) is 0 Å². The van der Waals surface area contributed by atoms with Gasteiger partial charge in [0.2, 0.25) is 0 Å². The lowest BCUT2D eigenvalue weighted by atomic mass is 9.89. The number of ether oxygens (including phenoxy) is 1. The van der Waals surface area contributed by atoms with Crippen molar-refractivity contribution >= 4 is 15.5 Å². The predicted molar refractivity (Wildman–Crippen MR) is 133 cm³/mol. The predicted octanol–water partition coefficient (Wildman–Crippen LogP) is 6.14. The van der Waals surface area contributed by atoms with Gasteiger partial charge in [-0.15, -0.1) is 0 Å². The number of aromatic nitrogens is 2. The highest BCUT2D eigenvalue weighted by molar-refractivity contribution is 7.92. The Balaban J connectivity index is 1.80. The van der Waals surface area contributed by atoms with Crippen LogP contribution in [0, 0.1) is 11.3 Å². The molecule has 0 aliphatic carbocycles. The summed E-state index contributed by atoms with van der Waals surface area (Å²) in [5.74, 6) is 1.02. The minimum absolute atomic E-state index is 0.233. The van der Waals surface area contributed by atoms with E-state index < -0.39 is 15.1 Å². The summed E-state index contributed by atoms with van der Waals surface area (Å²) in [6.45, 7) is 9.58. The second kappa shape index (κ2) is 8.62. The van der Waals surface area contributed by atoms with Crippen molar-refractivity contribution in [3.8, 4) is 28.8 Å². The molecule has 0 fully saturated rings. The molecule has 34 heavy (non-hydrogen) atoms. The van der Waals surface area contributed by atoms with Crippen molar-refractivity contribution in [1.29, 1.82) is 5.26 Å². The van der Waals surface area contributed by atoms with E-state index in [1.54, 1.807) is 44.2 Å². The van der Waals surface area contributed by atoms with Gasteiger partial charge < -0.3 is 4.74 Å². The molecule has 0 amide bonds. The topological polar surface area (TPSA) is 84.5 Å². The summed E-state index contributed by atoms with van der Waals surface area (Å²) in [4.78, 5) is 5.07. The number of hydrogen-bond donors (Lipinski definition) is 0. The fourth-order valence-electron chi connectivity index (χ4n) is 3.78. The number of hydrogen-bond acceptors (Lipinski definition) is 5. The molecule has 0 unspecified atom stereocenters. The lowest BCUT2D eigenvalue weighted by Crippen LogP contribution is -2.13. The number of rotatable bonds is 5. The lowest BCUT2D eigenvalue weighted by Gasteiger charge is -2.18. The molecule has 0 spiro atoms. The molecule has 4 aromatic rings. The third-order valence-electron chi connectivity index (χ3n) is 5.58. The van der Waals surface area contributed by atoms with Gasteiger partial charge in [0, 0.05) is 17.2 Å². The number of imidazole rings is 1. The van der Waals surface area contributed by atoms with Crippen LogP contribution in [0.4, 0.5) is 0 Å². The number of pyridine rings is 1. The first-order valence-corrected chi connectivity index (χ1v) is 12.6. The molecule has 0 radical (unpaired) electrons. The summed E-state index contributed by atoms with van der Waals surface area (Å²) in [7, 11) is -3.41. The molecule has 0 aliphatic heterocycles. The highest BCUT2D eigenvalue weighted by atomic mass is 32.2. The Bertz CT molecular complexity index is 1520. The van der Waals surface area contributed by atoms with Crippen LogP contribution in [0.2, 0.25) is 0 Å². The largest absolute Gasteiger partial charge is 0.457 e. The average molecular weight is 474 g/mol. The minimum Gasteiger partial charge on any atom is -0.457 e. The van der Waals surface area contributed by atoms with E-state index in [0.717, 1.165) is 17.0 Å². The van der Waals surface area contributed by atoms with E-state index in [9.17, 15) is 13.7 Å². The Hall–Kier alpha value is -3.63. The van der Waals surface area contributed by atoms with Crippen molar-refractivity contribution in [2.24, 2.45) is 0 Å². The van der Waals surface area contributed by atoms with E-state index in [0.29, 0.717) is 22.7 Å². The molecule has 6 nitrogen and oxygen atoms in total. The third-order valence-corrected chi connectivity index (χ3v) is 7.73. The zero-order chi connectivity index (χ0) is 24.7. The standard InChI is InChI=1S/C27H27N3O3S/c1-18(2)34(31,32)23-13-7-12-22(16-23)33-21-11-6-9-19(15-21)24-25(27(3,4)5)29-26-20(17-28)10-8-14-30(24)26/h6-16,18H,1-5H3. The molecule has 0 saturated heterocycles. The van der Waals surface area contributed by atoms with Crippen LogP contribution in [-0.2, 0) is 15.3 Å². The van der Waals surface area contributed by atoms with Gasteiger partial charge in [-0.2, -0.15) is 5.26 Å². The highest BCUT2D eigenvalue weighted by Gasteiger charge is 2.26. The van der Waals surface area contributed by atoms with Crippen LogP contribution in [0.5, 0.6) is 11.5 Å². The van der Waals surface area contributed by atoms with Crippen molar-refractivity contribution < 1.29 is 13.2 Å². The van der Waals surface area contributed by atoms with Gasteiger partial charge in [0.15, 0.2) is 15.5 Å². The second-order valence-corrected chi connectivity index (χ2v) is 12.0. The van der Waals surface area contributed by atoms with Crippen molar-refractivity contribution in [1.82, 2.24) is 9.38 Å². The SMILES string of the molecule is CC(C)S(=O)(=O)c1cccc(Oc2cccc(-c3c(C(C)(C)C)nc4c(C#N)cccn34)c2)c1. The highest BCUT2D eigenvalue weighted by Crippen LogP contribution is 2.36. The summed E-state index contributed by atoms with van der Waals surface area (Å²) in [5.41, 5.74) is 3.51. The maximum Gasteiger partial charge on any atom is 0.180 e. The van der Waals surface area contributed by atoms with Gasteiger partial charge in [-0.05, 0) is 56.3 Å². The first-order chi connectivity index (χ1) is 16.0. The number of nitriles is 1. The van der Waals surface area contributed by atoms with Crippen LogP contribution in [0.15, 0.2) is 71.8 Å². The molecular formula is C27H27N3O3S. The normalized spacial score (nSPS) is 12.1. The van der Waals surface area contributed by atoms with Crippen LogP contribution in [0.1, 0.15) is 45.9 Å². The summed E-state index contributed by atoms with van der Waals surface area (Å²) in [6, 6.07) is 20.0. The number of nitrogens with zero attached hydrogens (tertiary/aromatic N) is 3. The van der Waals surface area contributed by atoms with E-state index in [-0.39, 0.29) is 10.3 Å². The minimum atomic E-state index is -3.41. The Morgan fingerprint density at radius 1 is 1.00 bits per heavy atom. The monoisotopic (exact) mass is 473 g/mol. The van der Waals surface area contributed by atoms with E-state index >= 15 is 0 Å². The fraction of sp³-hybridized carbons (Fsp3) is 0.259. The van der Waals surface area contributed by atoms with Crippen LogP contribution in [0.3, 0.4) is 0 Å². The first kappa shape index (κ1) is 23.5.